The van der Waals surface area contributed by atoms with Gasteiger partial charge >= 0.3 is 0 Å². The van der Waals surface area contributed by atoms with Crippen molar-refractivity contribution >= 4 is 16.7 Å². The zero-order valence-electron chi connectivity index (χ0n) is 13.8. The van der Waals surface area contributed by atoms with E-state index in [4.69, 9.17) is 15.5 Å². The molecule has 3 heterocycles. The van der Waals surface area contributed by atoms with Crippen LogP contribution in [0.25, 0.3) is 27.3 Å². The molecule has 0 spiro atoms. The van der Waals surface area contributed by atoms with E-state index in [0.717, 1.165) is 31.1 Å². The summed E-state index contributed by atoms with van der Waals surface area (Å²) >= 11 is 0. The van der Waals surface area contributed by atoms with Crippen LogP contribution < -0.4 is 4.74 Å². The number of hydrogen-bond acceptors (Lipinski definition) is 6. The van der Waals surface area contributed by atoms with Crippen molar-refractivity contribution in [2.45, 2.75) is 31.8 Å². The fourth-order valence-electron chi connectivity index (χ4n) is 3.09. The van der Waals surface area contributed by atoms with E-state index in [1.165, 1.54) is 12.4 Å². The van der Waals surface area contributed by atoms with E-state index in [2.05, 4.69) is 31.2 Å². The molecular weight excluding hydrogens is 332 g/mol. The van der Waals surface area contributed by atoms with Crippen LogP contribution in [0.2, 0.25) is 0 Å². The summed E-state index contributed by atoms with van der Waals surface area (Å²) in [5.74, 6) is 0.985. The second-order valence-corrected chi connectivity index (χ2v) is 6.03. The van der Waals surface area contributed by atoms with Crippen molar-refractivity contribution < 1.29 is 4.74 Å². The fourth-order valence-corrected chi connectivity index (χ4v) is 3.09. The van der Waals surface area contributed by atoms with Crippen LogP contribution in [0.4, 0.5) is 5.69 Å². The molecule has 0 unspecified atom stereocenters. The Kier molecular flexibility index (Phi) is 4.09. The first-order chi connectivity index (χ1) is 12.8. The SMILES string of the molecule is N#Cc1cnc2c(cnn2-c2cc(OC3CCCC3)c(N=[N+]=[N-])cn2)c1. The third kappa shape index (κ3) is 2.90. The molecular formula is C17H14N8O. The van der Waals surface area contributed by atoms with E-state index in [-0.39, 0.29) is 6.10 Å². The Hall–Kier alpha value is -3.63. The third-order valence-electron chi connectivity index (χ3n) is 4.33. The summed E-state index contributed by atoms with van der Waals surface area (Å²) in [6.45, 7) is 0. The van der Waals surface area contributed by atoms with E-state index in [1.54, 1.807) is 23.0 Å². The second kappa shape index (κ2) is 6.70. The Morgan fingerprint density at radius 3 is 2.85 bits per heavy atom. The summed E-state index contributed by atoms with van der Waals surface area (Å²) in [5.41, 5.74) is 10.2. The molecule has 1 aliphatic rings. The molecule has 0 N–H and O–H groups in total. The minimum absolute atomic E-state index is 0.114. The van der Waals surface area contributed by atoms with Gasteiger partial charge in [0.15, 0.2) is 11.5 Å². The molecule has 4 rings (SSSR count). The standard InChI is InChI=1S/C17H14N8O/c18-7-11-5-12-9-22-25(17(12)21-8-11)16-6-15(14(10-20-16)23-24-19)26-13-3-1-2-4-13/h5-6,8-10,13H,1-4H2. The molecule has 0 saturated heterocycles. The van der Waals surface area contributed by atoms with E-state index < -0.39 is 0 Å². The molecule has 1 fully saturated rings. The number of hydrogen-bond donors (Lipinski definition) is 0. The fraction of sp³-hybridized carbons (Fsp3) is 0.294. The van der Waals surface area contributed by atoms with Crippen LogP contribution in [0.5, 0.6) is 5.75 Å². The topological polar surface area (TPSA) is 125 Å². The van der Waals surface area contributed by atoms with Gasteiger partial charge in [-0.25, -0.2) is 9.97 Å². The number of pyridine rings is 2. The van der Waals surface area contributed by atoms with Crippen LogP contribution in [0.3, 0.4) is 0 Å². The number of azide groups is 1. The highest BCUT2D eigenvalue weighted by atomic mass is 16.5. The first-order valence-electron chi connectivity index (χ1n) is 8.24. The Balaban J connectivity index is 1.77. The van der Waals surface area contributed by atoms with Gasteiger partial charge in [-0.3, -0.25) is 0 Å². The van der Waals surface area contributed by atoms with Crippen molar-refractivity contribution in [1.29, 1.82) is 5.26 Å². The minimum Gasteiger partial charge on any atom is -0.490 e. The highest BCUT2D eigenvalue weighted by Gasteiger charge is 2.19. The van der Waals surface area contributed by atoms with Gasteiger partial charge in [0.1, 0.15) is 11.8 Å². The van der Waals surface area contributed by atoms with Crippen LogP contribution >= 0.6 is 0 Å². The number of fused-ring (bicyclic) bond motifs is 1. The minimum atomic E-state index is 0.114. The van der Waals surface area contributed by atoms with Gasteiger partial charge in [0.2, 0.25) is 0 Å². The van der Waals surface area contributed by atoms with Gasteiger partial charge in [0.05, 0.1) is 23.6 Å². The lowest BCUT2D eigenvalue weighted by molar-refractivity contribution is 0.210. The molecule has 0 aromatic carbocycles. The van der Waals surface area contributed by atoms with Crippen molar-refractivity contribution in [3.63, 3.8) is 0 Å². The van der Waals surface area contributed by atoms with Gasteiger partial charge in [-0.05, 0) is 37.3 Å². The molecule has 0 aliphatic heterocycles. The molecule has 26 heavy (non-hydrogen) atoms. The molecule has 3 aromatic rings. The van der Waals surface area contributed by atoms with Gasteiger partial charge in [0, 0.05) is 28.8 Å². The molecule has 0 radical (unpaired) electrons. The van der Waals surface area contributed by atoms with Crippen LogP contribution in [-0.4, -0.2) is 25.9 Å². The molecule has 0 amide bonds. The Morgan fingerprint density at radius 1 is 1.23 bits per heavy atom. The molecule has 9 nitrogen and oxygen atoms in total. The zero-order chi connectivity index (χ0) is 17.9. The smallest absolute Gasteiger partial charge is 0.164 e. The van der Waals surface area contributed by atoms with Gasteiger partial charge in [-0.2, -0.15) is 15.0 Å². The highest BCUT2D eigenvalue weighted by Crippen LogP contribution is 2.33. The zero-order valence-corrected chi connectivity index (χ0v) is 13.8. The average molecular weight is 346 g/mol. The van der Waals surface area contributed by atoms with Gasteiger partial charge < -0.3 is 4.74 Å². The molecule has 0 atom stereocenters. The van der Waals surface area contributed by atoms with Gasteiger partial charge in [-0.1, -0.05) is 5.11 Å². The largest absolute Gasteiger partial charge is 0.490 e. The summed E-state index contributed by atoms with van der Waals surface area (Å²) in [5, 5.41) is 17.7. The molecule has 3 aromatic heterocycles. The summed E-state index contributed by atoms with van der Waals surface area (Å²) in [6.07, 6.45) is 8.93. The molecule has 9 heteroatoms. The lowest BCUT2D eigenvalue weighted by atomic mass is 10.2. The summed E-state index contributed by atoms with van der Waals surface area (Å²) < 4.78 is 7.60. The number of nitrogens with zero attached hydrogens (tertiary/aromatic N) is 8. The van der Waals surface area contributed by atoms with Gasteiger partial charge in [0.25, 0.3) is 0 Å². The lowest BCUT2D eigenvalue weighted by Crippen LogP contribution is -2.11. The van der Waals surface area contributed by atoms with Crippen molar-refractivity contribution in [3.05, 3.63) is 46.7 Å². The first kappa shape index (κ1) is 15.9. The van der Waals surface area contributed by atoms with Crippen LogP contribution in [-0.2, 0) is 0 Å². The average Bonchev–Trinajstić information content (AvgIpc) is 3.32. The normalized spacial score (nSPS) is 14.1. The second-order valence-electron chi connectivity index (χ2n) is 6.03. The van der Waals surface area contributed by atoms with Crippen LogP contribution in [0, 0.1) is 11.3 Å². The summed E-state index contributed by atoms with van der Waals surface area (Å²) in [4.78, 5) is 11.5. The van der Waals surface area contributed by atoms with Crippen molar-refractivity contribution in [3.8, 4) is 17.6 Å². The van der Waals surface area contributed by atoms with Crippen molar-refractivity contribution in [1.82, 2.24) is 19.7 Å². The summed E-state index contributed by atoms with van der Waals surface area (Å²) in [7, 11) is 0. The molecule has 1 aliphatic carbocycles. The molecule has 0 bridgehead atoms. The van der Waals surface area contributed by atoms with E-state index in [0.29, 0.717) is 28.5 Å². The Bertz CT molecular complexity index is 1050. The predicted octanol–water partition coefficient (Wildman–Crippen LogP) is 3.95. The molecule has 1 saturated carbocycles. The number of rotatable bonds is 4. The molecule has 128 valence electrons. The van der Waals surface area contributed by atoms with E-state index >= 15 is 0 Å². The van der Waals surface area contributed by atoms with Crippen molar-refractivity contribution in [2.24, 2.45) is 5.11 Å². The maximum absolute atomic E-state index is 8.99. The third-order valence-corrected chi connectivity index (χ3v) is 4.33. The van der Waals surface area contributed by atoms with Gasteiger partial charge in [-0.15, -0.1) is 0 Å². The quantitative estimate of drug-likeness (QED) is 0.401. The van der Waals surface area contributed by atoms with Crippen LogP contribution in [0.1, 0.15) is 31.2 Å². The monoisotopic (exact) mass is 346 g/mol. The summed E-state index contributed by atoms with van der Waals surface area (Å²) in [6, 6.07) is 5.48. The Labute approximate surface area is 148 Å². The lowest BCUT2D eigenvalue weighted by Gasteiger charge is -2.15. The van der Waals surface area contributed by atoms with Crippen LogP contribution in [0.15, 0.2) is 35.8 Å². The number of nitriles is 1. The maximum atomic E-state index is 8.99. The Morgan fingerprint density at radius 2 is 2.08 bits per heavy atom. The highest BCUT2D eigenvalue weighted by molar-refractivity contribution is 5.77. The number of ether oxygens (including phenoxy) is 1. The number of aromatic nitrogens is 4. The maximum Gasteiger partial charge on any atom is 0.164 e. The van der Waals surface area contributed by atoms with Crippen molar-refractivity contribution in [2.75, 3.05) is 0 Å². The van der Waals surface area contributed by atoms with E-state index in [1.807, 2.05) is 0 Å². The predicted molar refractivity (Wildman–Crippen MR) is 93.1 cm³/mol. The first-order valence-corrected chi connectivity index (χ1v) is 8.24. The van der Waals surface area contributed by atoms with E-state index in [9.17, 15) is 0 Å².